The maximum absolute atomic E-state index is 12.7. The highest BCUT2D eigenvalue weighted by Crippen LogP contribution is 2.49. The van der Waals surface area contributed by atoms with Gasteiger partial charge in [0.05, 0.1) is 5.92 Å². The van der Waals surface area contributed by atoms with E-state index in [-0.39, 0.29) is 23.3 Å². The van der Waals surface area contributed by atoms with E-state index in [0.717, 1.165) is 36.9 Å². The average Bonchev–Trinajstić information content (AvgIpc) is 3.19. The van der Waals surface area contributed by atoms with Crippen LogP contribution in [0.5, 0.6) is 0 Å². The molecular formula is C18H24ClN3O2. The number of nitrogens with one attached hydrogen (secondary N) is 2. The SMILES string of the molecule is CNC(=O)[C@@H]1CN(C(=O)Nc2cccc(Cl)c2C)CC12CCCC2. The van der Waals surface area contributed by atoms with Gasteiger partial charge in [-0.3, -0.25) is 4.79 Å². The number of rotatable bonds is 2. The van der Waals surface area contributed by atoms with Crippen LogP contribution in [0.4, 0.5) is 10.5 Å². The highest BCUT2D eigenvalue weighted by atomic mass is 35.5. The number of carbonyl (C=O) groups is 2. The van der Waals surface area contributed by atoms with Crippen molar-refractivity contribution in [2.24, 2.45) is 11.3 Å². The van der Waals surface area contributed by atoms with Crippen molar-refractivity contribution in [1.82, 2.24) is 10.2 Å². The van der Waals surface area contributed by atoms with Crippen LogP contribution in [0.2, 0.25) is 5.02 Å². The van der Waals surface area contributed by atoms with E-state index in [1.54, 1.807) is 18.0 Å². The Morgan fingerprint density at radius 3 is 2.67 bits per heavy atom. The van der Waals surface area contributed by atoms with Gasteiger partial charge in [-0.1, -0.05) is 30.5 Å². The molecule has 1 saturated heterocycles. The van der Waals surface area contributed by atoms with E-state index in [4.69, 9.17) is 11.6 Å². The molecule has 5 nitrogen and oxygen atoms in total. The van der Waals surface area contributed by atoms with Crippen molar-refractivity contribution in [3.8, 4) is 0 Å². The molecule has 0 unspecified atom stereocenters. The smallest absolute Gasteiger partial charge is 0.321 e. The van der Waals surface area contributed by atoms with Gasteiger partial charge < -0.3 is 15.5 Å². The fraction of sp³-hybridized carbons (Fsp3) is 0.556. The minimum absolute atomic E-state index is 0.0473. The van der Waals surface area contributed by atoms with Gasteiger partial charge in [-0.15, -0.1) is 0 Å². The van der Waals surface area contributed by atoms with Crippen molar-refractivity contribution in [3.05, 3.63) is 28.8 Å². The lowest BCUT2D eigenvalue weighted by molar-refractivity contribution is -0.127. The van der Waals surface area contributed by atoms with E-state index in [2.05, 4.69) is 10.6 Å². The number of hydrogen-bond donors (Lipinski definition) is 2. The average molecular weight is 350 g/mol. The van der Waals surface area contributed by atoms with Gasteiger partial charge in [-0.2, -0.15) is 0 Å². The molecule has 130 valence electrons. The molecule has 1 heterocycles. The van der Waals surface area contributed by atoms with E-state index in [1.807, 2.05) is 19.1 Å². The van der Waals surface area contributed by atoms with Crippen LogP contribution in [-0.2, 0) is 4.79 Å². The summed E-state index contributed by atoms with van der Waals surface area (Å²) in [6.07, 6.45) is 4.31. The summed E-state index contributed by atoms with van der Waals surface area (Å²) in [7, 11) is 1.67. The van der Waals surface area contributed by atoms with Crippen molar-refractivity contribution < 1.29 is 9.59 Å². The van der Waals surface area contributed by atoms with Crippen LogP contribution in [0, 0.1) is 18.3 Å². The molecule has 2 fully saturated rings. The second-order valence-electron chi connectivity index (χ2n) is 6.96. The molecule has 0 bridgehead atoms. The lowest BCUT2D eigenvalue weighted by Gasteiger charge is -2.28. The van der Waals surface area contributed by atoms with Crippen LogP contribution in [-0.4, -0.2) is 37.0 Å². The second kappa shape index (κ2) is 6.63. The molecule has 1 aliphatic carbocycles. The van der Waals surface area contributed by atoms with Gasteiger partial charge in [-0.05, 0) is 37.5 Å². The quantitative estimate of drug-likeness (QED) is 0.859. The molecule has 1 aliphatic heterocycles. The molecule has 1 aromatic carbocycles. The van der Waals surface area contributed by atoms with Crippen LogP contribution in [0.3, 0.4) is 0 Å². The van der Waals surface area contributed by atoms with E-state index < -0.39 is 0 Å². The minimum atomic E-state index is -0.155. The van der Waals surface area contributed by atoms with E-state index in [9.17, 15) is 9.59 Å². The zero-order chi connectivity index (χ0) is 17.3. The van der Waals surface area contributed by atoms with Crippen LogP contribution < -0.4 is 10.6 Å². The van der Waals surface area contributed by atoms with Crippen LogP contribution in [0.15, 0.2) is 18.2 Å². The summed E-state index contributed by atoms with van der Waals surface area (Å²) in [5, 5.41) is 6.35. The standard InChI is InChI=1S/C18H24ClN3O2/c1-12-14(19)6-5-7-15(12)21-17(24)22-10-13(16(23)20-2)18(11-22)8-3-4-9-18/h5-7,13H,3-4,8-11H2,1-2H3,(H,20,23)(H,21,24)/t13-/m0/s1. The fourth-order valence-electron chi connectivity index (χ4n) is 4.18. The molecule has 1 atom stereocenters. The number of halogens is 1. The number of likely N-dealkylation sites (tertiary alicyclic amines) is 1. The zero-order valence-corrected chi connectivity index (χ0v) is 14.9. The van der Waals surface area contributed by atoms with Crippen molar-refractivity contribution >= 4 is 29.2 Å². The number of amides is 3. The summed E-state index contributed by atoms with van der Waals surface area (Å²) in [4.78, 5) is 26.8. The molecule has 0 aromatic heterocycles. The first-order chi connectivity index (χ1) is 11.5. The highest BCUT2D eigenvalue weighted by molar-refractivity contribution is 6.31. The minimum Gasteiger partial charge on any atom is -0.359 e. The van der Waals surface area contributed by atoms with Crippen LogP contribution in [0.1, 0.15) is 31.2 Å². The summed E-state index contributed by atoms with van der Waals surface area (Å²) in [5.74, 6) is -0.0673. The lowest BCUT2D eigenvalue weighted by atomic mass is 9.76. The van der Waals surface area contributed by atoms with Gasteiger partial charge >= 0.3 is 6.03 Å². The first-order valence-electron chi connectivity index (χ1n) is 8.49. The lowest BCUT2D eigenvalue weighted by Crippen LogP contribution is -2.38. The Hall–Kier alpha value is -1.75. The summed E-state index contributed by atoms with van der Waals surface area (Å²) in [6.45, 7) is 3.01. The zero-order valence-electron chi connectivity index (χ0n) is 14.2. The van der Waals surface area contributed by atoms with Gasteiger partial charge in [-0.25, -0.2) is 4.79 Å². The number of carbonyl (C=O) groups excluding carboxylic acids is 2. The molecule has 2 aliphatic rings. The summed E-state index contributed by atoms with van der Waals surface area (Å²) in [5.41, 5.74) is 1.52. The second-order valence-corrected chi connectivity index (χ2v) is 7.37. The van der Waals surface area contributed by atoms with Crippen molar-refractivity contribution in [3.63, 3.8) is 0 Å². The summed E-state index contributed by atoms with van der Waals surface area (Å²) in [6, 6.07) is 5.31. The largest absolute Gasteiger partial charge is 0.359 e. The third-order valence-corrected chi connectivity index (χ3v) is 6.02. The summed E-state index contributed by atoms with van der Waals surface area (Å²) >= 11 is 6.12. The molecule has 24 heavy (non-hydrogen) atoms. The van der Waals surface area contributed by atoms with Crippen molar-refractivity contribution in [1.29, 1.82) is 0 Å². The Bertz CT molecular complexity index is 656. The first kappa shape index (κ1) is 17.1. The maximum Gasteiger partial charge on any atom is 0.321 e. The van der Waals surface area contributed by atoms with Crippen LogP contribution >= 0.6 is 11.6 Å². The van der Waals surface area contributed by atoms with E-state index in [1.165, 1.54) is 0 Å². The number of anilines is 1. The Labute approximate surface area is 147 Å². The monoisotopic (exact) mass is 349 g/mol. The van der Waals surface area contributed by atoms with Crippen molar-refractivity contribution in [2.45, 2.75) is 32.6 Å². The number of benzene rings is 1. The predicted molar refractivity (Wildman–Crippen MR) is 95.2 cm³/mol. The maximum atomic E-state index is 12.7. The van der Waals surface area contributed by atoms with Gasteiger partial charge in [0, 0.05) is 36.3 Å². The molecule has 2 N–H and O–H groups in total. The number of hydrogen-bond acceptors (Lipinski definition) is 2. The van der Waals surface area contributed by atoms with E-state index >= 15 is 0 Å². The molecule has 0 radical (unpaired) electrons. The molecule has 6 heteroatoms. The Morgan fingerprint density at radius 1 is 1.29 bits per heavy atom. The van der Waals surface area contributed by atoms with Crippen molar-refractivity contribution in [2.75, 3.05) is 25.5 Å². The Morgan fingerprint density at radius 2 is 2.00 bits per heavy atom. The van der Waals surface area contributed by atoms with Gasteiger partial charge in [0.15, 0.2) is 0 Å². The molecular weight excluding hydrogens is 326 g/mol. The molecule has 1 spiro atoms. The van der Waals surface area contributed by atoms with Gasteiger partial charge in [0.25, 0.3) is 0 Å². The Balaban J connectivity index is 1.76. The van der Waals surface area contributed by atoms with Gasteiger partial charge in [0.2, 0.25) is 5.91 Å². The predicted octanol–water partition coefficient (Wildman–Crippen LogP) is 3.42. The Kier molecular flexibility index (Phi) is 4.72. The fourth-order valence-corrected chi connectivity index (χ4v) is 4.36. The third kappa shape index (κ3) is 2.97. The highest BCUT2D eigenvalue weighted by Gasteiger charge is 2.52. The number of urea groups is 1. The number of nitrogens with zero attached hydrogens (tertiary/aromatic N) is 1. The molecule has 3 amide bonds. The molecule has 3 rings (SSSR count). The summed E-state index contributed by atoms with van der Waals surface area (Å²) < 4.78 is 0. The molecule has 1 aromatic rings. The third-order valence-electron chi connectivity index (χ3n) is 5.61. The van der Waals surface area contributed by atoms with Crippen LogP contribution in [0.25, 0.3) is 0 Å². The first-order valence-corrected chi connectivity index (χ1v) is 8.87. The molecule has 1 saturated carbocycles. The van der Waals surface area contributed by atoms with E-state index in [0.29, 0.717) is 18.1 Å². The topological polar surface area (TPSA) is 61.4 Å². The normalized spacial score (nSPS) is 22.0. The van der Waals surface area contributed by atoms with Gasteiger partial charge in [0.1, 0.15) is 0 Å².